The molecule has 5 rings (SSSR count). The molecule has 0 bridgehead atoms. The summed E-state index contributed by atoms with van der Waals surface area (Å²) in [7, 11) is 0. The summed E-state index contributed by atoms with van der Waals surface area (Å²) >= 11 is 0. The highest BCUT2D eigenvalue weighted by Gasteiger charge is 2.25. The number of hydrogen-bond donors (Lipinski definition) is 1. The van der Waals surface area contributed by atoms with Gasteiger partial charge in [-0.1, -0.05) is 33.6 Å². The lowest BCUT2D eigenvalue weighted by Gasteiger charge is -2.37. The van der Waals surface area contributed by atoms with E-state index < -0.39 is 0 Å². The first-order chi connectivity index (χ1) is 16.4. The van der Waals surface area contributed by atoms with Crippen molar-refractivity contribution >= 4 is 34.3 Å². The minimum absolute atomic E-state index is 0.0326. The van der Waals surface area contributed by atoms with Crippen LogP contribution >= 0.6 is 0 Å². The second-order valence-electron chi connectivity index (χ2n) is 10.9. The molecule has 2 aromatic heterocycles. The molecule has 180 valence electrons. The van der Waals surface area contributed by atoms with E-state index in [1.165, 1.54) is 31.4 Å². The Morgan fingerprint density at radius 3 is 2.41 bits per heavy atom. The Balaban J connectivity index is 1.21. The normalized spacial score (nSPS) is 17.5. The first kappa shape index (κ1) is 22.7. The molecule has 1 aliphatic carbocycles. The summed E-state index contributed by atoms with van der Waals surface area (Å²) in [6, 6.07) is 11.1. The fraction of sp³-hybridized carbons (Fsp3) is 0.519. The molecule has 0 atom stereocenters. The summed E-state index contributed by atoms with van der Waals surface area (Å²) in [6.07, 6.45) is 9.74. The molecular weight excluding hydrogens is 424 g/mol. The molecule has 2 fully saturated rings. The highest BCUT2D eigenvalue weighted by Crippen LogP contribution is 2.32. The fourth-order valence-corrected chi connectivity index (χ4v) is 5.14. The minimum Gasteiger partial charge on any atom is -0.368 e. The molecule has 1 aromatic carbocycles. The molecule has 0 radical (unpaired) electrons. The lowest BCUT2D eigenvalue weighted by Crippen LogP contribution is -2.49. The Kier molecular flexibility index (Phi) is 6.19. The molecular formula is C27H36N6O. The minimum atomic E-state index is 0.0326. The van der Waals surface area contributed by atoms with Crippen LogP contribution in [0, 0.1) is 5.41 Å². The summed E-state index contributed by atoms with van der Waals surface area (Å²) in [6.45, 7) is 9.64. The van der Waals surface area contributed by atoms with Gasteiger partial charge in [0, 0.05) is 67.8 Å². The molecule has 1 aliphatic heterocycles. The smallest absolute Gasteiger partial charge is 0.229 e. The second-order valence-corrected chi connectivity index (χ2v) is 10.9. The maximum atomic E-state index is 12.5. The average Bonchev–Trinajstić information content (AvgIpc) is 3.48. The van der Waals surface area contributed by atoms with Gasteiger partial charge in [-0.15, -0.1) is 0 Å². The largest absolute Gasteiger partial charge is 0.368 e. The lowest BCUT2D eigenvalue weighted by molar-refractivity contribution is -0.133. The number of nitrogens with zero attached hydrogens (tertiary/aromatic N) is 5. The number of amides is 1. The van der Waals surface area contributed by atoms with Crippen LogP contribution in [-0.4, -0.2) is 51.5 Å². The van der Waals surface area contributed by atoms with E-state index in [0.717, 1.165) is 42.9 Å². The quantitative estimate of drug-likeness (QED) is 0.554. The van der Waals surface area contributed by atoms with Gasteiger partial charge in [0.2, 0.25) is 11.9 Å². The van der Waals surface area contributed by atoms with E-state index in [4.69, 9.17) is 4.98 Å². The first-order valence-corrected chi connectivity index (χ1v) is 12.6. The predicted molar refractivity (Wildman–Crippen MR) is 138 cm³/mol. The van der Waals surface area contributed by atoms with Crippen LogP contribution in [0.2, 0.25) is 0 Å². The Morgan fingerprint density at radius 2 is 1.74 bits per heavy atom. The van der Waals surface area contributed by atoms with Crippen molar-refractivity contribution in [2.24, 2.45) is 5.41 Å². The van der Waals surface area contributed by atoms with E-state index in [9.17, 15) is 4.79 Å². The maximum absolute atomic E-state index is 12.5. The molecule has 1 N–H and O–H groups in total. The summed E-state index contributed by atoms with van der Waals surface area (Å²) in [5, 5.41) is 4.46. The monoisotopic (exact) mass is 460 g/mol. The second kappa shape index (κ2) is 9.28. The van der Waals surface area contributed by atoms with E-state index in [-0.39, 0.29) is 11.3 Å². The van der Waals surface area contributed by atoms with Gasteiger partial charge in [-0.2, -0.15) is 4.98 Å². The van der Waals surface area contributed by atoms with Crippen LogP contribution in [0.3, 0.4) is 0 Å². The zero-order valence-corrected chi connectivity index (χ0v) is 20.6. The van der Waals surface area contributed by atoms with E-state index in [2.05, 4.69) is 77.1 Å². The number of fused-ring (bicyclic) bond motifs is 1. The van der Waals surface area contributed by atoms with Gasteiger partial charge in [-0.25, -0.2) is 4.98 Å². The van der Waals surface area contributed by atoms with E-state index >= 15 is 0 Å². The van der Waals surface area contributed by atoms with Gasteiger partial charge in [0.1, 0.15) is 5.65 Å². The number of benzene rings is 1. The van der Waals surface area contributed by atoms with Crippen molar-refractivity contribution in [2.75, 3.05) is 36.4 Å². The maximum Gasteiger partial charge on any atom is 0.229 e. The Labute approximate surface area is 202 Å². The van der Waals surface area contributed by atoms with Gasteiger partial charge in [0.15, 0.2) is 0 Å². The number of hydrogen-bond acceptors (Lipinski definition) is 5. The average molecular weight is 461 g/mol. The third-order valence-electron chi connectivity index (χ3n) is 6.98. The Morgan fingerprint density at radius 1 is 1.03 bits per heavy atom. The standard InChI is InChI=1S/C27H36N6O/c1-27(2,3)18-24(34)32-16-14-31(15-17-32)22-10-8-21(9-11-22)29-26-28-19-20-12-13-33(25(20)30-26)23-6-4-5-7-23/h8-13,19,23H,4-7,14-18H2,1-3H3,(H,28,29,30). The Hall–Kier alpha value is -3.09. The lowest BCUT2D eigenvalue weighted by atomic mass is 9.91. The molecule has 3 heterocycles. The highest BCUT2D eigenvalue weighted by molar-refractivity contribution is 5.78. The summed E-state index contributed by atoms with van der Waals surface area (Å²) < 4.78 is 2.32. The first-order valence-electron chi connectivity index (χ1n) is 12.6. The number of nitrogens with one attached hydrogen (secondary N) is 1. The molecule has 3 aromatic rings. The number of piperazine rings is 1. The molecule has 1 amide bonds. The predicted octanol–water partition coefficient (Wildman–Crippen LogP) is 5.37. The van der Waals surface area contributed by atoms with Crippen LogP contribution in [0.5, 0.6) is 0 Å². The number of aromatic nitrogens is 3. The third-order valence-corrected chi connectivity index (χ3v) is 6.98. The number of rotatable bonds is 5. The topological polar surface area (TPSA) is 66.3 Å². The molecule has 1 saturated heterocycles. The molecule has 34 heavy (non-hydrogen) atoms. The summed E-state index contributed by atoms with van der Waals surface area (Å²) in [5.74, 6) is 0.895. The van der Waals surface area contributed by atoms with Gasteiger partial charge in [-0.3, -0.25) is 4.79 Å². The van der Waals surface area contributed by atoms with Crippen molar-refractivity contribution < 1.29 is 4.79 Å². The number of carbonyl (C=O) groups excluding carboxylic acids is 1. The summed E-state index contributed by atoms with van der Waals surface area (Å²) in [5.41, 5.74) is 3.20. The zero-order valence-electron chi connectivity index (χ0n) is 20.6. The molecule has 0 spiro atoms. The van der Waals surface area contributed by atoms with Crippen LogP contribution in [0.4, 0.5) is 17.3 Å². The van der Waals surface area contributed by atoms with Crippen molar-refractivity contribution in [3.8, 4) is 0 Å². The van der Waals surface area contributed by atoms with Crippen LogP contribution in [0.15, 0.2) is 42.7 Å². The van der Waals surface area contributed by atoms with Gasteiger partial charge in [-0.05, 0) is 48.6 Å². The third kappa shape index (κ3) is 5.03. The van der Waals surface area contributed by atoms with Crippen molar-refractivity contribution in [3.05, 3.63) is 42.7 Å². The van der Waals surface area contributed by atoms with Crippen molar-refractivity contribution in [1.29, 1.82) is 0 Å². The van der Waals surface area contributed by atoms with E-state index in [1.54, 1.807) is 0 Å². The molecule has 0 unspecified atom stereocenters. The SMILES string of the molecule is CC(C)(C)CC(=O)N1CCN(c2ccc(Nc3ncc4ccn(C5CCCC5)c4n3)cc2)CC1. The van der Waals surface area contributed by atoms with Gasteiger partial charge in [0.25, 0.3) is 0 Å². The molecule has 7 heteroatoms. The Bertz CT molecular complexity index is 1130. The molecule has 2 aliphatic rings. The molecule has 1 saturated carbocycles. The van der Waals surface area contributed by atoms with Crippen LogP contribution in [0.25, 0.3) is 11.0 Å². The van der Waals surface area contributed by atoms with Crippen LogP contribution in [0.1, 0.15) is 58.9 Å². The van der Waals surface area contributed by atoms with Gasteiger partial charge in [0.05, 0.1) is 0 Å². The zero-order chi connectivity index (χ0) is 23.7. The molecule has 7 nitrogen and oxygen atoms in total. The summed E-state index contributed by atoms with van der Waals surface area (Å²) in [4.78, 5) is 26.2. The number of anilines is 3. The highest BCUT2D eigenvalue weighted by atomic mass is 16.2. The van der Waals surface area contributed by atoms with Crippen LogP contribution < -0.4 is 10.2 Å². The fourth-order valence-electron chi connectivity index (χ4n) is 5.14. The van der Waals surface area contributed by atoms with Crippen molar-refractivity contribution in [2.45, 2.75) is 58.9 Å². The van der Waals surface area contributed by atoms with E-state index in [1.807, 2.05) is 11.1 Å². The van der Waals surface area contributed by atoms with Crippen molar-refractivity contribution in [1.82, 2.24) is 19.4 Å². The van der Waals surface area contributed by atoms with Gasteiger partial charge >= 0.3 is 0 Å². The van der Waals surface area contributed by atoms with Crippen LogP contribution in [-0.2, 0) is 4.79 Å². The number of carbonyl (C=O) groups is 1. The van der Waals surface area contributed by atoms with Gasteiger partial charge < -0.3 is 19.7 Å². The van der Waals surface area contributed by atoms with E-state index in [0.29, 0.717) is 18.4 Å². The van der Waals surface area contributed by atoms with Crippen molar-refractivity contribution in [3.63, 3.8) is 0 Å².